The van der Waals surface area contributed by atoms with E-state index in [-0.39, 0.29) is 11.5 Å². The first kappa shape index (κ1) is 28.1. The summed E-state index contributed by atoms with van der Waals surface area (Å²) in [6.45, 7) is 7.59. The molecule has 0 atom stereocenters. The maximum Gasteiger partial charge on any atom is 0.259 e. The highest BCUT2D eigenvalue weighted by Crippen LogP contribution is 2.25. The van der Waals surface area contributed by atoms with Crippen LogP contribution in [-0.4, -0.2) is 76.1 Å². The quantitative estimate of drug-likeness (QED) is 0.253. The van der Waals surface area contributed by atoms with Crippen molar-refractivity contribution >= 4 is 23.3 Å². The molecule has 1 amide bonds. The number of aromatic nitrogens is 3. The fourth-order valence-corrected chi connectivity index (χ4v) is 5.32. The summed E-state index contributed by atoms with van der Waals surface area (Å²) in [7, 11) is 1.71. The number of hydrogen-bond donors (Lipinski definition) is 0. The zero-order valence-corrected chi connectivity index (χ0v) is 23.9. The number of fused-ring (bicyclic) bond motifs is 1. The predicted molar refractivity (Wildman–Crippen MR) is 159 cm³/mol. The molecule has 2 aromatic carbocycles. The number of rotatable bonds is 10. The maximum atomic E-state index is 13.2. The van der Waals surface area contributed by atoms with Gasteiger partial charge in [-0.1, -0.05) is 55.6 Å². The first-order valence-corrected chi connectivity index (χ1v) is 14.4. The van der Waals surface area contributed by atoms with Gasteiger partial charge in [0, 0.05) is 74.8 Å². The largest absolute Gasteiger partial charge is 0.383 e. The minimum atomic E-state index is -0.143. The number of nitrogens with zero attached hydrogens (tertiary/aromatic N) is 5. The van der Waals surface area contributed by atoms with Gasteiger partial charge in [-0.25, -0.2) is 4.98 Å². The molecular weight excluding hydrogens is 526 g/mol. The minimum absolute atomic E-state index is 0.0367. The van der Waals surface area contributed by atoms with Gasteiger partial charge in [0.1, 0.15) is 0 Å². The first-order valence-electron chi connectivity index (χ1n) is 14.0. The predicted octanol–water partition coefficient (Wildman–Crippen LogP) is 5.08. The number of ether oxygens (including phenoxy) is 1. The minimum Gasteiger partial charge on any atom is -0.383 e. The van der Waals surface area contributed by atoms with Gasteiger partial charge in [0.05, 0.1) is 18.0 Å². The molecule has 0 bridgehead atoms. The molecule has 0 aliphatic carbocycles. The molecule has 3 heterocycles. The van der Waals surface area contributed by atoms with Crippen LogP contribution in [0.4, 0.5) is 0 Å². The molecule has 0 radical (unpaired) electrons. The van der Waals surface area contributed by atoms with Crippen molar-refractivity contribution in [1.29, 1.82) is 0 Å². The van der Waals surface area contributed by atoms with E-state index < -0.39 is 0 Å². The Morgan fingerprint density at radius 2 is 1.65 bits per heavy atom. The highest BCUT2D eigenvalue weighted by atomic mass is 35.5. The number of halogens is 1. The topological polar surface area (TPSA) is 72.1 Å². The van der Waals surface area contributed by atoms with Crippen molar-refractivity contribution in [2.24, 2.45) is 0 Å². The summed E-state index contributed by atoms with van der Waals surface area (Å²) in [6.07, 6.45) is 4.93. The van der Waals surface area contributed by atoms with E-state index >= 15 is 0 Å². The molecule has 0 unspecified atom stereocenters. The van der Waals surface area contributed by atoms with Gasteiger partial charge in [0.15, 0.2) is 0 Å². The summed E-state index contributed by atoms with van der Waals surface area (Å²) >= 11 is 6.08. The molecule has 0 spiro atoms. The second kappa shape index (κ2) is 12.8. The third-order valence-corrected chi connectivity index (χ3v) is 7.79. The monoisotopic (exact) mass is 561 g/mol. The summed E-state index contributed by atoms with van der Waals surface area (Å²) in [4.78, 5) is 35.6. The number of hydrogen-bond acceptors (Lipinski definition) is 5. The van der Waals surface area contributed by atoms with Crippen LogP contribution < -0.4 is 5.56 Å². The van der Waals surface area contributed by atoms with Crippen molar-refractivity contribution in [2.45, 2.75) is 32.7 Å². The van der Waals surface area contributed by atoms with E-state index in [0.717, 1.165) is 68.0 Å². The van der Waals surface area contributed by atoms with E-state index in [1.165, 1.54) is 0 Å². The lowest BCUT2D eigenvalue weighted by molar-refractivity contribution is 0.0594. The number of imidazole rings is 1. The van der Waals surface area contributed by atoms with Crippen molar-refractivity contribution in [3.8, 4) is 22.5 Å². The van der Waals surface area contributed by atoms with E-state index in [0.29, 0.717) is 36.1 Å². The highest BCUT2D eigenvalue weighted by Gasteiger charge is 2.22. The highest BCUT2D eigenvalue weighted by molar-refractivity contribution is 6.30. The lowest BCUT2D eigenvalue weighted by Gasteiger charge is -2.34. The first-order chi connectivity index (χ1) is 19.5. The van der Waals surface area contributed by atoms with E-state index in [9.17, 15) is 9.59 Å². The number of carbonyl (C=O) groups is 1. The van der Waals surface area contributed by atoms with E-state index in [1.54, 1.807) is 23.8 Å². The molecule has 0 saturated carbocycles. The van der Waals surface area contributed by atoms with E-state index in [4.69, 9.17) is 21.3 Å². The van der Waals surface area contributed by atoms with Crippen LogP contribution in [-0.2, 0) is 11.3 Å². The third kappa shape index (κ3) is 6.14. The van der Waals surface area contributed by atoms with Gasteiger partial charge in [0.2, 0.25) is 5.78 Å². The van der Waals surface area contributed by atoms with Gasteiger partial charge in [0.25, 0.3) is 11.5 Å². The average Bonchev–Trinajstić information content (AvgIpc) is 3.44. The Kier molecular flexibility index (Phi) is 8.99. The van der Waals surface area contributed by atoms with Crippen molar-refractivity contribution in [3.05, 3.63) is 81.7 Å². The lowest BCUT2D eigenvalue weighted by Crippen LogP contribution is -2.49. The van der Waals surface area contributed by atoms with Crippen molar-refractivity contribution < 1.29 is 9.53 Å². The van der Waals surface area contributed by atoms with Gasteiger partial charge >= 0.3 is 0 Å². The Labute approximate surface area is 239 Å². The molecule has 8 nitrogen and oxygen atoms in total. The molecular formula is C31H36ClN5O3. The molecule has 1 aliphatic heterocycles. The number of unbranched alkanes of at least 4 members (excludes halogenated alkanes) is 2. The fourth-order valence-electron chi connectivity index (χ4n) is 5.20. The van der Waals surface area contributed by atoms with Crippen LogP contribution in [0.1, 0.15) is 36.5 Å². The summed E-state index contributed by atoms with van der Waals surface area (Å²) in [5.41, 5.74) is 3.81. The number of aryl methyl sites for hydroxylation is 1. The molecule has 4 aromatic rings. The van der Waals surface area contributed by atoms with Gasteiger partial charge in [-0.3, -0.25) is 18.9 Å². The summed E-state index contributed by atoms with van der Waals surface area (Å²) in [5, 5.41) is 0.653. The van der Waals surface area contributed by atoms with Gasteiger partial charge < -0.3 is 14.2 Å². The SMILES string of the molecule is CCCCCn1c(-c2ccc(C(=O)N3CCN(CCOC)CC3)cc2)cc(=O)n2cc(-c3ccc(Cl)cc3)nc12. The third-order valence-electron chi connectivity index (χ3n) is 7.54. The Balaban J connectivity index is 1.43. The van der Waals surface area contributed by atoms with Crippen LogP contribution in [0.3, 0.4) is 0 Å². The molecule has 1 saturated heterocycles. The molecule has 9 heteroatoms. The second-order valence-electron chi connectivity index (χ2n) is 10.2. The van der Waals surface area contributed by atoms with Crippen LogP contribution in [0, 0.1) is 0 Å². The molecule has 210 valence electrons. The van der Waals surface area contributed by atoms with Crippen LogP contribution >= 0.6 is 11.6 Å². The van der Waals surface area contributed by atoms with Gasteiger partial charge in [-0.2, -0.15) is 0 Å². The standard InChI is InChI=1S/C31H36ClN5O3/c1-3-4-5-14-36-28(21-29(38)37-22-27(33-31(36)37)23-10-12-26(32)13-11-23)24-6-8-25(9-7-24)30(39)35-17-15-34(16-18-35)19-20-40-2/h6-13,21-22H,3-5,14-20H2,1-2H3. The molecule has 2 aromatic heterocycles. The van der Waals surface area contributed by atoms with E-state index in [2.05, 4.69) is 16.4 Å². The Morgan fingerprint density at radius 3 is 2.33 bits per heavy atom. The summed E-state index contributed by atoms with van der Waals surface area (Å²) in [5.74, 6) is 0.643. The van der Waals surface area contributed by atoms with Crippen LogP contribution in [0.2, 0.25) is 5.02 Å². The molecule has 40 heavy (non-hydrogen) atoms. The van der Waals surface area contributed by atoms with Gasteiger partial charge in [-0.05, 0) is 36.2 Å². The molecule has 1 fully saturated rings. The van der Waals surface area contributed by atoms with Crippen molar-refractivity contribution in [2.75, 3.05) is 46.4 Å². The number of carbonyl (C=O) groups excluding carboxylic acids is 1. The van der Waals surface area contributed by atoms with Crippen LogP contribution in [0.25, 0.3) is 28.3 Å². The molecule has 1 aliphatic rings. The fraction of sp³-hybridized carbons (Fsp3) is 0.387. The van der Waals surface area contributed by atoms with Crippen LogP contribution in [0.5, 0.6) is 0 Å². The number of piperazine rings is 1. The number of methoxy groups -OCH3 is 1. The maximum absolute atomic E-state index is 13.2. The molecule has 5 rings (SSSR count). The second-order valence-corrected chi connectivity index (χ2v) is 10.7. The van der Waals surface area contributed by atoms with Crippen molar-refractivity contribution in [3.63, 3.8) is 0 Å². The Morgan fingerprint density at radius 1 is 0.950 bits per heavy atom. The Bertz CT molecular complexity index is 1500. The lowest BCUT2D eigenvalue weighted by atomic mass is 10.1. The smallest absolute Gasteiger partial charge is 0.259 e. The zero-order chi connectivity index (χ0) is 28.1. The number of amides is 1. The van der Waals surface area contributed by atoms with E-state index in [1.807, 2.05) is 53.4 Å². The molecule has 0 N–H and O–H groups in total. The summed E-state index contributed by atoms with van der Waals surface area (Å²) in [6, 6.07) is 16.7. The zero-order valence-electron chi connectivity index (χ0n) is 23.2. The normalized spacial score (nSPS) is 14.2. The number of benzene rings is 2. The van der Waals surface area contributed by atoms with Gasteiger partial charge in [-0.15, -0.1) is 0 Å². The summed E-state index contributed by atoms with van der Waals surface area (Å²) < 4.78 is 8.91. The van der Waals surface area contributed by atoms with Crippen molar-refractivity contribution in [1.82, 2.24) is 23.8 Å². The van der Waals surface area contributed by atoms with Crippen LogP contribution in [0.15, 0.2) is 65.6 Å². The Hall–Kier alpha value is -3.46. The average molecular weight is 562 g/mol.